The Labute approximate surface area is 151 Å². The largest absolute Gasteiger partial charge is 0.373 e. The highest BCUT2D eigenvalue weighted by Gasteiger charge is 2.32. The molecule has 25 heavy (non-hydrogen) atoms. The number of ether oxygens (including phenoxy) is 1. The van der Waals surface area contributed by atoms with Crippen molar-refractivity contribution in [2.75, 3.05) is 45.9 Å². The van der Waals surface area contributed by atoms with Crippen molar-refractivity contribution in [3.05, 3.63) is 0 Å². The number of hydrogen-bond acceptors (Lipinski definition) is 4. The molecule has 0 aliphatic carbocycles. The Morgan fingerprint density at radius 2 is 2.12 bits per heavy atom. The van der Waals surface area contributed by atoms with Crippen LogP contribution < -0.4 is 11.1 Å². The number of primary amides is 1. The van der Waals surface area contributed by atoms with E-state index in [1.165, 1.54) is 19.4 Å². The van der Waals surface area contributed by atoms with Gasteiger partial charge in [0.05, 0.1) is 19.3 Å². The van der Waals surface area contributed by atoms with E-state index in [4.69, 9.17) is 15.5 Å². The number of nitrogens with zero attached hydrogens (tertiary/aromatic N) is 3. The number of amides is 1. The third-order valence-corrected chi connectivity index (χ3v) is 5.55. The predicted molar refractivity (Wildman–Crippen MR) is 98.4 cm³/mol. The van der Waals surface area contributed by atoms with Gasteiger partial charge in [0.25, 0.3) is 0 Å². The molecule has 3 heterocycles. The summed E-state index contributed by atoms with van der Waals surface area (Å²) in [6.07, 6.45) is 5.38. The third-order valence-electron chi connectivity index (χ3n) is 5.55. The Balaban J connectivity index is 1.56. The number of nitrogens with two attached hydrogens (primary N) is 1. The lowest BCUT2D eigenvalue weighted by Gasteiger charge is -2.36. The van der Waals surface area contributed by atoms with Crippen LogP contribution in [-0.2, 0) is 9.53 Å². The van der Waals surface area contributed by atoms with Crippen molar-refractivity contribution < 1.29 is 9.53 Å². The second kappa shape index (κ2) is 8.85. The minimum atomic E-state index is -0.204. The topological polar surface area (TPSA) is 83.2 Å². The molecule has 7 nitrogen and oxygen atoms in total. The summed E-state index contributed by atoms with van der Waals surface area (Å²) in [5, 5.41) is 3.40. The van der Waals surface area contributed by atoms with Gasteiger partial charge < -0.3 is 20.7 Å². The molecule has 0 aromatic carbocycles. The summed E-state index contributed by atoms with van der Waals surface area (Å²) in [5.41, 5.74) is 5.38. The Hall–Kier alpha value is -1.34. The Morgan fingerprint density at radius 3 is 2.92 bits per heavy atom. The van der Waals surface area contributed by atoms with Gasteiger partial charge in [0.2, 0.25) is 5.91 Å². The lowest BCUT2D eigenvalue weighted by Crippen LogP contribution is -2.49. The number of morpholine rings is 1. The third kappa shape index (κ3) is 5.07. The molecule has 3 N–H and O–H groups in total. The number of hydrogen-bond donors (Lipinski definition) is 2. The molecule has 3 saturated heterocycles. The van der Waals surface area contributed by atoms with Crippen LogP contribution in [0.3, 0.4) is 0 Å². The van der Waals surface area contributed by atoms with Crippen LogP contribution in [0.5, 0.6) is 0 Å². The minimum Gasteiger partial charge on any atom is -0.373 e. The maximum absolute atomic E-state index is 11.2. The van der Waals surface area contributed by atoms with Crippen molar-refractivity contribution in [1.82, 2.24) is 15.1 Å². The zero-order chi connectivity index (χ0) is 17.6. The zero-order valence-electron chi connectivity index (χ0n) is 15.5. The van der Waals surface area contributed by atoms with Gasteiger partial charge in [-0.15, -0.1) is 0 Å². The molecule has 3 aliphatic heterocycles. The summed E-state index contributed by atoms with van der Waals surface area (Å²) >= 11 is 0. The molecule has 0 spiro atoms. The van der Waals surface area contributed by atoms with E-state index in [1.807, 2.05) is 0 Å². The smallest absolute Gasteiger partial charge is 0.217 e. The number of likely N-dealkylation sites (tertiary alicyclic amines) is 1. The van der Waals surface area contributed by atoms with Crippen molar-refractivity contribution >= 4 is 11.9 Å². The number of aliphatic imine (C=N–C) groups is 1. The first-order valence-corrected chi connectivity index (χ1v) is 9.83. The number of rotatable bonds is 5. The molecule has 3 atom stereocenters. The molecule has 3 fully saturated rings. The van der Waals surface area contributed by atoms with E-state index < -0.39 is 0 Å². The molecule has 7 heteroatoms. The van der Waals surface area contributed by atoms with E-state index >= 15 is 0 Å². The van der Waals surface area contributed by atoms with Crippen molar-refractivity contribution in [1.29, 1.82) is 0 Å². The SMILES string of the molecule is CCNC(=NCC1CN2CCCC2CO1)N1CCCC(CC(N)=O)C1. The first-order valence-electron chi connectivity index (χ1n) is 9.83. The second-order valence-electron chi connectivity index (χ2n) is 7.57. The lowest BCUT2D eigenvalue weighted by molar-refractivity contribution is -0.119. The van der Waals surface area contributed by atoms with Gasteiger partial charge in [-0.2, -0.15) is 0 Å². The van der Waals surface area contributed by atoms with Gasteiger partial charge in [-0.1, -0.05) is 0 Å². The molecule has 3 rings (SSSR count). The van der Waals surface area contributed by atoms with Crippen molar-refractivity contribution in [2.24, 2.45) is 16.6 Å². The van der Waals surface area contributed by atoms with Crippen LogP contribution >= 0.6 is 0 Å². The van der Waals surface area contributed by atoms with Gasteiger partial charge in [-0.05, 0) is 45.1 Å². The quantitative estimate of drug-likeness (QED) is 0.553. The maximum atomic E-state index is 11.2. The molecule has 0 bridgehead atoms. The zero-order valence-corrected chi connectivity index (χ0v) is 15.5. The van der Waals surface area contributed by atoms with Gasteiger partial charge in [0.1, 0.15) is 0 Å². The van der Waals surface area contributed by atoms with Crippen LogP contribution in [0.4, 0.5) is 0 Å². The highest BCUT2D eigenvalue weighted by molar-refractivity contribution is 5.80. The van der Waals surface area contributed by atoms with E-state index in [0.29, 0.717) is 24.9 Å². The molecule has 1 amide bonds. The monoisotopic (exact) mass is 351 g/mol. The van der Waals surface area contributed by atoms with E-state index in [1.54, 1.807) is 0 Å². The van der Waals surface area contributed by atoms with E-state index in [2.05, 4.69) is 22.0 Å². The van der Waals surface area contributed by atoms with Crippen molar-refractivity contribution in [2.45, 2.75) is 51.2 Å². The van der Waals surface area contributed by atoms with Gasteiger partial charge in [0.15, 0.2) is 5.96 Å². The van der Waals surface area contributed by atoms with Crippen LogP contribution in [0.1, 0.15) is 39.0 Å². The van der Waals surface area contributed by atoms with Crippen LogP contribution in [0, 0.1) is 5.92 Å². The molecule has 0 aromatic rings. The molecule has 0 saturated carbocycles. The summed E-state index contributed by atoms with van der Waals surface area (Å²) in [4.78, 5) is 20.9. The first kappa shape index (κ1) is 18.5. The highest BCUT2D eigenvalue weighted by atomic mass is 16.5. The number of carbonyl (C=O) groups is 1. The molecular formula is C18H33N5O2. The summed E-state index contributed by atoms with van der Waals surface area (Å²) in [6.45, 7) is 8.52. The number of carbonyl (C=O) groups excluding carboxylic acids is 1. The molecule has 3 unspecified atom stereocenters. The summed E-state index contributed by atoms with van der Waals surface area (Å²) in [7, 11) is 0. The van der Waals surface area contributed by atoms with Gasteiger partial charge in [-0.25, -0.2) is 0 Å². The van der Waals surface area contributed by atoms with Gasteiger partial charge in [-0.3, -0.25) is 14.7 Å². The number of nitrogens with one attached hydrogen (secondary N) is 1. The average Bonchev–Trinajstić information content (AvgIpc) is 3.06. The summed E-state index contributed by atoms with van der Waals surface area (Å²) in [6, 6.07) is 0.630. The fourth-order valence-corrected chi connectivity index (χ4v) is 4.32. The normalized spacial score (nSPS) is 31.0. The van der Waals surface area contributed by atoms with E-state index in [0.717, 1.165) is 51.6 Å². The minimum absolute atomic E-state index is 0.189. The predicted octanol–water partition coefficient (Wildman–Crippen LogP) is 0.403. The summed E-state index contributed by atoms with van der Waals surface area (Å²) in [5.74, 6) is 1.08. The van der Waals surface area contributed by atoms with Gasteiger partial charge in [0, 0.05) is 38.6 Å². The van der Waals surface area contributed by atoms with Crippen LogP contribution in [0.15, 0.2) is 4.99 Å². The van der Waals surface area contributed by atoms with Crippen LogP contribution in [0.2, 0.25) is 0 Å². The van der Waals surface area contributed by atoms with Crippen LogP contribution in [0.25, 0.3) is 0 Å². The number of guanidine groups is 1. The highest BCUT2D eigenvalue weighted by Crippen LogP contribution is 2.23. The molecule has 0 aromatic heterocycles. The summed E-state index contributed by atoms with van der Waals surface area (Å²) < 4.78 is 6.03. The van der Waals surface area contributed by atoms with Crippen LogP contribution in [-0.4, -0.2) is 79.7 Å². The Morgan fingerprint density at radius 1 is 1.28 bits per heavy atom. The maximum Gasteiger partial charge on any atom is 0.217 e. The standard InChI is InChI=1S/C18H33N5O2/c1-2-20-18(23-8-3-5-14(11-23)9-17(19)24)21-10-16-12-22-7-4-6-15(22)13-25-16/h14-16H,2-13H2,1H3,(H2,19,24)(H,20,21). The number of fused-ring (bicyclic) bond motifs is 1. The van der Waals surface area contributed by atoms with E-state index in [-0.39, 0.29) is 12.0 Å². The Kier molecular flexibility index (Phi) is 6.53. The fraction of sp³-hybridized carbons (Fsp3) is 0.889. The number of piperidine rings is 1. The molecule has 3 aliphatic rings. The fourth-order valence-electron chi connectivity index (χ4n) is 4.32. The molecule has 0 radical (unpaired) electrons. The Bertz CT molecular complexity index is 484. The lowest BCUT2D eigenvalue weighted by atomic mass is 9.95. The average molecular weight is 351 g/mol. The van der Waals surface area contributed by atoms with E-state index in [9.17, 15) is 4.79 Å². The van der Waals surface area contributed by atoms with Crippen molar-refractivity contribution in [3.8, 4) is 0 Å². The first-order chi connectivity index (χ1) is 12.2. The van der Waals surface area contributed by atoms with Crippen molar-refractivity contribution in [3.63, 3.8) is 0 Å². The second-order valence-corrected chi connectivity index (χ2v) is 7.57. The molecule has 142 valence electrons. The van der Waals surface area contributed by atoms with Gasteiger partial charge >= 0.3 is 0 Å². The molecular weight excluding hydrogens is 318 g/mol.